The predicted molar refractivity (Wildman–Crippen MR) is 65.9 cm³/mol. The van der Waals surface area contributed by atoms with Gasteiger partial charge in [0.2, 0.25) is 0 Å². The molecule has 1 N–H and O–H groups in total. The Morgan fingerprint density at radius 1 is 1.50 bits per heavy atom. The summed E-state index contributed by atoms with van der Waals surface area (Å²) >= 11 is 0. The molecule has 0 radical (unpaired) electrons. The van der Waals surface area contributed by atoms with Gasteiger partial charge in [-0.25, -0.2) is 13.8 Å². The van der Waals surface area contributed by atoms with Gasteiger partial charge in [-0.3, -0.25) is 0 Å². The Balaban J connectivity index is 2.20. The lowest BCUT2D eigenvalue weighted by Crippen LogP contribution is -2.10. The van der Waals surface area contributed by atoms with Gasteiger partial charge < -0.3 is 10.00 Å². The van der Waals surface area contributed by atoms with Crippen molar-refractivity contribution in [2.45, 2.75) is 6.92 Å². The molecule has 1 aliphatic heterocycles. The third-order valence-corrected chi connectivity index (χ3v) is 4.26. The summed E-state index contributed by atoms with van der Waals surface area (Å²) in [5.74, 6) is 0.518. The fourth-order valence-corrected chi connectivity index (χ4v) is 3.17. The average Bonchev–Trinajstić information content (AvgIpc) is 2.72. The maximum Gasteiger partial charge on any atom is 0.335 e. The lowest BCUT2D eigenvalue weighted by molar-refractivity contribution is -0.211. The third kappa shape index (κ3) is 2.76. The highest BCUT2D eigenvalue weighted by Gasteiger charge is 2.34. The summed E-state index contributed by atoms with van der Waals surface area (Å²) in [6, 6.07) is 6.34. The Morgan fingerprint density at radius 3 is 2.72 bits per heavy atom. The zero-order valence-electron chi connectivity index (χ0n) is 9.83. The highest BCUT2D eigenvalue weighted by Crippen LogP contribution is 2.60. The molecule has 1 aromatic rings. The van der Waals surface area contributed by atoms with Gasteiger partial charge in [-0.2, -0.15) is 0 Å². The van der Waals surface area contributed by atoms with Crippen molar-refractivity contribution in [3.8, 4) is 0 Å². The van der Waals surface area contributed by atoms with E-state index in [0.717, 1.165) is 11.1 Å². The van der Waals surface area contributed by atoms with Crippen molar-refractivity contribution in [3.05, 3.63) is 41.2 Å². The Bertz CT molecular complexity index is 482. The largest absolute Gasteiger partial charge is 0.628 e. The van der Waals surface area contributed by atoms with Gasteiger partial charge in [-0.1, -0.05) is 12.1 Å². The van der Waals surface area contributed by atoms with E-state index < -0.39 is 13.9 Å². The van der Waals surface area contributed by atoms with Gasteiger partial charge in [-0.15, -0.1) is 0 Å². The number of rotatable bonds is 4. The molecular weight excluding hydrogens is 255 g/mol. The standard InChI is InChI=1S/C12H13O5P/c1-2-16-18(15)8-11(7-17-18)9-3-5-10(6-4-9)12(13)14/h3-6,8H,2,7H2,1H3,(H,13,14). The molecule has 0 amide bonds. The molecule has 1 heterocycles. The molecule has 0 aromatic heterocycles. The minimum absolute atomic E-state index is 0.212. The first-order valence-electron chi connectivity index (χ1n) is 5.48. The van der Waals surface area contributed by atoms with Crippen LogP contribution in [0, 0.1) is 0 Å². The summed E-state index contributed by atoms with van der Waals surface area (Å²) in [5, 5.41) is 8.79. The highest BCUT2D eigenvalue weighted by atomic mass is 31.2. The van der Waals surface area contributed by atoms with E-state index in [1.54, 1.807) is 19.1 Å². The maximum atomic E-state index is 12.0. The second kappa shape index (κ2) is 5.16. The van der Waals surface area contributed by atoms with Gasteiger partial charge in [0, 0.05) is 5.57 Å². The van der Waals surface area contributed by atoms with Crippen LogP contribution in [0.5, 0.6) is 0 Å². The summed E-state index contributed by atoms with van der Waals surface area (Å²) < 4.78 is 10.2. The Labute approximate surface area is 105 Å². The number of hydrogen-bond acceptors (Lipinski definition) is 4. The van der Waals surface area contributed by atoms with Crippen LogP contribution in [0.2, 0.25) is 0 Å². The van der Waals surface area contributed by atoms with Crippen molar-refractivity contribution in [1.82, 2.24) is 0 Å². The molecule has 1 atom stereocenters. The van der Waals surface area contributed by atoms with E-state index in [0.29, 0.717) is 6.61 Å². The predicted octanol–water partition coefficient (Wildman–Crippen LogP) is 1.92. The first kappa shape index (κ1) is 13.2. The smallest absolute Gasteiger partial charge is 0.335 e. The van der Waals surface area contributed by atoms with Crippen molar-refractivity contribution in [1.29, 1.82) is 0 Å². The van der Waals surface area contributed by atoms with Crippen LogP contribution in [-0.4, -0.2) is 24.3 Å². The molecule has 0 spiro atoms. The molecule has 0 aliphatic carbocycles. The summed E-state index contributed by atoms with van der Waals surface area (Å²) in [6.45, 7) is 2.28. The Morgan fingerprint density at radius 2 is 2.17 bits per heavy atom. The molecule has 5 nitrogen and oxygen atoms in total. The average molecular weight is 268 g/mol. The van der Waals surface area contributed by atoms with Crippen LogP contribution >= 0.6 is 7.94 Å². The van der Waals surface area contributed by atoms with Gasteiger partial charge in [0.1, 0.15) is 12.4 Å². The summed E-state index contributed by atoms with van der Waals surface area (Å²) in [4.78, 5) is 22.7. The van der Waals surface area contributed by atoms with Crippen molar-refractivity contribution in [2.75, 3.05) is 13.2 Å². The zero-order chi connectivity index (χ0) is 13.2. The minimum atomic E-state index is -3.10. The van der Waals surface area contributed by atoms with Gasteiger partial charge in [0.25, 0.3) is 7.94 Å². The minimum Gasteiger partial charge on any atom is -0.628 e. The summed E-state index contributed by atoms with van der Waals surface area (Å²) in [5.41, 5.74) is 1.76. The van der Waals surface area contributed by atoms with Crippen molar-refractivity contribution in [2.24, 2.45) is 0 Å². The van der Waals surface area contributed by atoms with E-state index in [1.165, 1.54) is 17.9 Å². The van der Waals surface area contributed by atoms with E-state index in [-0.39, 0.29) is 12.2 Å². The van der Waals surface area contributed by atoms with Crippen LogP contribution in [0.4, 0.5) is 0 Å². The molecular formula is C12H13O5P. The molecule has 2 rings (SSSR count). The fourth-order valence-electron chi connectivity index (χ4n) is 1.66. The molecule has 0 saturated heterocycles. The number of aromatic carboxylic acids is 1. The van der Waals surface area contributed by atoms with Crippen LogP contribution < -0.4 is 4.89 Å². The number of hydrogen-bond donors (Lipinski definition) is 1. The van der Waals surface area contributed by atoms with E-state index in [9.17, 15) is 9.69 Å². The van der Waals surface area contributed by atoms with Crippen LogP contribution in [-0.2, 0) is 9.05 Å². The fraction of sp³-hybridized carbons (Fsp3) is 0.250. The van der Waals surface area contributed by atoms with Gasteiger partial charge >= 0.3 is 5.97 Å². The molecule has 96 valence electrons. The maximum absolute atomic E-state index is 12.0. The van der Waals surface area contributed by atoms with Crippen molar-refractivity contribution in [3.63, 3.8) is 0 Å². The van der Waals surface area contributed by atoms with Gasteiger partial charge in [0.15, 0.2) is 0 Å². The second-order valence-corrected chi connectivity index (χ2v) is 5.62. The molecule has 1 unspecified atom stereocenters. The molecule has 6 heteroatoms. The highest BCUT2D eigenvalue weighted by molar-refractivity contribution is 7.63. The van der Waals surface area contributed by atoms with Crippen LogP contribution in [0.15, 0.2) is 30.1 Å². The Hall–Kier alpha value is -1.26. The first-order valence-corrected chi connectivity index (χ1v) is 7.09. The summed E-state index contributed by atoms with van der Waals surface area (Å²) in [6.07, 6.45) is 0. The lowest BCUT2D eigenvalue weighted by Gasteiger charge is -2.17. The van der Waals surface area contributed by atoms with Gasteiger partial charge in [0.05, 0.1) is 12.2 Å². The topological polar surface area (TPSA) is 78.8 Å². The van der Waals surface area contributed by atoms with E-state index in [2.05, 4.69) is 0 Å². The van der Waals surface area contributed by atoms with Crippen LogP contribution in [0.1, 0.15) is 22.8 Å². The molecule has 0 fully saturated rings. The third-order valence-electron chi connectivity index (χ3n) is 2.53. The monoisotopic (exact) mass is 268 g/mol. The zero-order valence-corrected chi connectivity index (χ0v) is 10.7. The van der Waals surface area contributed by atoms with Crippen LogP contribution in [0.25, 0.3) is 5.57 Å². The van der Waals surface area contributed by atoms with E-state index >= 15 is 0 Å². The number of carbonyl (C=O) groups is 1. The molecule has 0 bridgehead atoms. The van der Waals surface area contributed by atoms with Crippen molar-refractivity contribution >= 4 is 19.5 Å². The molecule has 1 aliphatic rings. The van der Waals surface area contributed by atoms with Gasteiger partial charge in [-0.05, 0) is 24.6 Å². The molecule has 0 saturated carbocycles. The first-order chi connectivity index (χ1) is 8.54. The normalized spacial score (nSPS) is 22.9. The molecule has 18 heavy (non-hydrogen) atoms. The number of carboxylic acid groups (broad SMARTS) is 1. The lowest BCUT2D eigenvalue weighted by atomic mass is 10.1. The number of carboxylic acids is 1. The summed E-state index contributed by atoms with van der Waals surface area (Å²) in [7, 11) is -3.10. The Kier molecular flexibility index (Phi) is 3.78. The number of benzene rings is 1. The van der Waals surface area contributed by atoms with E-state index in [4.69, 9.17) is 14.2 Å². The van der Waals surface area contributed by atoms with E-state index in [1.807, 2.05) is 0 Å². The van der Waals surface area contributed by atoms with Crippen LogP contribution in [0.3, 0.4) is 0 Å². The quantitative estimate of drug-likeness (QED) is 0.844. The SMILES string of the molecule is CCO[P+]1([O-])C=C(c2ccc(C(=O)O)cc2)CO1. The second-order valence-electron chi connectivity index (χ2n) is 3.77. The molecule has 1 aromatic carbocycles. The van der Waals surface area contributed by atoms with Crippen molar-refractivity contribution < 1.29 is 23.8 Å².